The summed E-state index contributed by atoms with van der Waals surface area (Å²) in [5.74, 6) is -2.54. The molecule has 0 atom stereocenters. The average molecular weight is 348 g/mol. The predicted octanol–water partition coefficient (Wildman–Crippen LogP) is 2.42. The summed E-state index contributed by atoms with van der Waals surface area (Å²) in [6.45, 7) is 1.14. The first-order valence-electron chi connectivity index (χ1n) is 7.58. The molecule has 0 saturated heterocycles. The number of carbonyl (C=O) groups is 2. The summed E-state index contributed by atoms with van der Waals surface area (Å²) >= 11 is 0. The lowest BCUT2D eigenvalue weighted by Crippen LogP contribution is -2.20. The molecule has 0 aliphatic carbocycles. The number of Topliss-reactive ketones (excluding diaryl/α,β-unsaturated/α-hetero) is 1. The molecule has 0 aliphatic heterocycles. The van der Waals surface area contributed by atoms with E-state index in [1.165, 1.54) is 38.6 Å². The monoisotopic (exact) mass is 348 g/mol. The minimum Gasteiger partial charge on any atom is -0.377 e. The second kappa shape index (κ2) is 8.43. The molecule has 0 radical (unpaired) electrons. The van der Waals surface area contributed by atoms with Crippen LogP contribution in [0.25, 0.3) is 0 Å². The van der Waals surface area contributed by atoms with Crippen molar-refractivity contribution in [2.45, 2.75) is 19.9 Å². The Morgan fingerprint density at radius 1 is 1.16 bits per heavy atom. The number of rotatable bonds is 7. The molecule has 0 spiro atoms. The summed E-state index contributed by atoms with van der Waals surface area (Å²) in [7, 11) is 1.41. The molecule has 132 valence electrons. The van der Waals surface area contributed by atoms with Crippen LogP contribution >= 0.6 is 0 Å². The first-order chi connectivity index (χ1) is 11.9. The number of hydrogen-bond donors (Lipinski definition) is 1. The van der Waals surface area contributed by atoms with E-state index in [-0.39, 0.29) is 42.4 Å². The zero-order chi connectivity index (χ0) is 18.4. The van der Waals surface area contributed by atoms with E-state index in [4.69, 9.17) is 4.74 Å². The van der Waals surface area contributed by atoms with Gasteiger partial charge in [0.1, 0.15) is 6.61 Å². The number of halogens is 2. The van der Waals surface area contributed by atoms with E-state index in [2.05, 4.69) is 10.3 Å². The van der Waals surface area contributed by atoms with Crippen LogP contribution in [0.4, 0.5) is 8.78 Å². The maximum Gasteiger partial charge on any atom is 0.217 e. The molecular weight excluding hydrogens is 330 g/mol. The van der Waals surface area contributed by atoms with Gasteiger partial charge in [0.05, 0.1) is 0 Å². The molecule has 0 unspecified atom stereocenters. The highest BCUT2D eigenvalue weighted by atomic mass is 19.2. The molecule has 25 heavy (non-hydrogen) atoms. The highest BCUT2D eigenvalue weighted by molar-refractivity contribution is 5.96. The number of amides is 1. The summed E-state index contributed by atoms with van der Waals surface area (Å²) in [5.41, 5.74) is 1.14. The molecule has 0 saturated carbocycles. The fourth-order valence-corrected chi connectivity index (χ4v) is 2.29. The second-order valence-corrected chi connectivity index (χ2v) is 5.54. The van der Waals surface area contributed by atoms with Crippen LogP contribution in [0.15, 0.2) is 30.6 Å². The van der Waals surface area contributed by atoms with Gasteiger partial charge in [-0.1, -0.05) is 12.1 Å². The smallest absolute Gasteiger partial charge is 0.217 e. The van der Waals surface area contributed by atoms with Crippen LogP contribution in [0.2, 0.25) is 0 Å². The van der Waals surface area contributed by atoms with Crippen molar-refractivity contribution in [2.75, 3.05) is 13.7 Å². The van der Waals surface area contributed by atoms with Crippen LogP contribution in [0, 0.1) is 11.6 Å². The molecule has 1 aromatic heterocycles. The quantitative estimate of drug-likeness (QED) is 0.781. The third-order valence-electron chi connectivity index (χ3n) is 3.56. The van der Waals surface area contributed by atoms with Crippen molar-refractivity contribution in [1.82, 2.24) is 10.3 Å². The Balaban J connectivity index is 2.20. The molecule has 1 amide bonds. The molecular formula is C18H18F2N2O3. The van der Waals surface area contributed by atoms with Crippen molar-refractivity contribution in [1.29, 1.82) is 0 Å². The van der Waals surface area contributed by atoms with Crippen molar-refractivity contribution in [2.24, 2.45) is 0 Å². The summed E-state index contributed by atoms with van der Waals surface area (Å²) in [4.78, 5) is 26.7. The number of pyridine rings is 1. The largest absolute Gasteiger partial charge is 0.377 e. The fraction of sp³-hybridized carbons (Fsp3) is 0.278. The standard InChI is InChI=1S/C18H18F2N2O3/c1-11(23)22-9-14-4-3-13(17(19)18(14)20)5-12-6-15(8-21-7-12)16(24)10-25-2/h3-4,6-8H,5,9-10H2,1-2H3,(H,22,23). The third-order valence-corrected chi connectivity index (χ3v) is 3.56. The first-order valence-corrected chi connectivity index (χ1v) is 7.58. The van der Waals surface area contributed by atoms with Crippen LogP contribution in [0.1, 0.15) is 34.0 Å². The number of aromatic nitrogens is 1. The molecule has 7 heteroatoms. The molecule has 1 N–H and O–H groups in total. The van der Waals surface area contributed by atoms with Crippen LogP contribution in [0.3, 0.4) is 0 Å². The number of carbonyl (C=O) groups excluding carboxylic acids is 2. The van der Waals surface area contributed by atoms with E-state index in [1.807, 2.05) is 0 Å². The van der Waals surface area contributed by atoms with Crippen molar-refractivity contribution in [3.8, 4) is 0 Å². The number of ketones is 1. The lowest BCUT2D eigenvalue weighted by Gasteiger charge is -2.10. The van der Waals surface area contributed by atoms with Gasteiger partial charge in [0, 0.05) is 50.5 Å². The Kier molecular flexibility index (Phi) is 6.30. The van der Waals surface area contributed by atoms with E-state index in [0.717, 1.165) is 0 Å². The van der Waals surface area contributed by atoms with Crippen molar-refractivity contribution < 1.29 is 23.1 Å². The molecule has 2 rings (SSSR count). The van der Waals surface area contributed by atoms with Gasteiger partial charge < -0.3 is 10.1 Å². The number of hydrogen-bond acceptors (Lipinski definition) is 4. The number of methoxy groups -OCH3 is 1. The number of ether oxygens (including phenoxy) is 1. The molecule has 5 nitrogen and oxygen atoms in total. The van der Waals surface area contributed by atoms with Gasteiger partial charge >= 0.3 is 0 Å². The van der Waals surface area contributed by atoms with Crippen molar-refractivity contribution in [3.63, 3.8) is 0 Å². The zero-order valence-corrected chi connectivity index (χ0v) is 13.9. The Morgan fingerprint density at radius 2 is 1.84 bits per heavy atom. The van der Waals surface area contributed by atoms with Gasteiger partial charge in [-0.2, -0.15) is 0 Å². The van der Waals surface area contributed by atoms with Crippen molar-refractivity contribution in [3.05, 3.63) is 64.5 Å². The topological polar surface area (TPSA) is 68.3 Å². The van der Waals surface area contributed by atoms with E-state index in [0.29, 0.717) is 11.1 Å². The lowest BCUT2D eigenvalue weighted by atomic mass is 10.0. The van der Waals surface area contributed by atoms with E-state index in [9.17, 15) is 18.4 Å². The zero-order valence-electron chi connectivity index (χ0n) is 13.9. The maximum atomic E-state index is 14.3. The van der Waals surface area contributed by atoms with Gasteiger partial charge in [-0.25, -0.2) is 8.78 Å². The van der Waals surface area contributed by atoms with Crippen LogP contribution < -0.4 is 5.32 Å². The van der Waals surface area contributed by atoms with E-state index >= 15 is 0 Å². The molecule has 2 aromatic rings. The average Bonchev–Trinajstić information content (AvgIpc) is 2.58. The normalized spacial score (nSPS) is 10.6. The third kappa shape index (κ3) is 4.90. The van der Waals surface area contributed by atoms with Gasteiger partial charge in [-0.3, -0.25) is 14.6 Å². The van der Waals surface area contributed by atoms with E-state index in [1.54, 1.807) is 6.07 Å². The summed E-state index contributed by atoms with van der Waals surface area (Å²) in [6.07, 6.45) is 2.98. The molecule has 1 heterocycles. The molecule has 0 bridgehead atoms. The highest BCUT2D eigenvalue weighted by Gasteiger charge is 2.15. The maximum absolute atomic E-state index is 14.3. The Morgan fingerprint density at radius 3 is 2.52 bits per heavy atom. The SMILES string of the molecule is COCC(=O)c1cncc(Cc2ccc(CNC(C)=O)c(F)c2F)c1. The highest BCUT2D eigenvalue weighted by Crippen LogP contribution is 2.20. The molecule has 1 aromatic carbocycles. The van der Waals surface area contributed by atoms with Gasteiger partial charge in [-0.15, -0.1) is 0 Å². The minimum absolute atomic E-state index is 0.0681. The fourth-order valence-electron chi connectivity index (χ4n) is 2.29. The molecule has 0 fully saturated rings. The number of nitrogens with zero attached hydrogens (tertiary/aromatic N) is 1. The lowest BCUT2D eigenvalue weighted by molar-refractivity contribution is -0.119. The van der Waals surface area contributed by atoms with Crippen molar-refractivity contribution >= 4 is 11.7 Å². The predicted molar refractivity (Wildman–Crippen MR) is 87.1 cm³/mol. The number of benzene rings is 1. The molecule has 0 aliphatic rings. The van der Waals surface area contributed by atoms with Crippen LogP contribution in [-0.4, -0.2) is 30.4 Å². The second-order valence-electron chi connectivity index (χ2n) is 5.54. The van der Waals surface area contributed by atoms with Gasteiger partial charge in [0.25, 0.3) is 0 Å². The van der Waals surface area contributed by atoms with Crippen LogP contribution in [0.5, 0.6) is 0 Å². The van der Waals surface area contributed by atoms with Gasteiger partial charge in [-0.05, 0) is 17.2 Å². The van der Waals surface area contributed by atoms with Crippen LogP contribution in [-0.2, 0) is 22.5 Å². The Hall–Kier alpha value is -2.67. The van der Waals surface area contributed by atoms with Gasteiger partial charge in [0.15, 0.2) is 17.4 Å². The summed E-state index contributed by atoms with van der Waals surface area (Å²) in [5, 5.41) is 2.43. The van der Waals surface area contributed by atoms with Gasteiger partial charge in [0.2, 0.25) is 5.91 Å². The number of nitrogens with one attached hydrogen (secondary N) is 1. The minimum atomic E-state index is -0.995. The Bertz CT molecular complexity index is 794. The van der Waals surface area contributed by atoms with E-state index < -0.39 is 11.6 Å². The summed E-state index contributed by atoms with van der Waals surface area (Å²) in [6, 6.07) is 4.47. The Labute approximate surface area is 144 Å². The summed E-state index contributed by atoms with van der Waals surface area (Å²) < 4.78 is 33.2. The first kappa shape index (κ1) is 18.7.